The molecule has 1 unspecified atom stereocenters. The third kappa shape index (κ3) is 4.53. The predicted octanol–water partition coefficient (Wildman–Crippen LogP) is 2.42. The van der Waals surface area contributed by atoms with Gasteiger partial charge in [-0.25, -0.2) is 9.97 Å². The van der Waals surface area contributed by atoms with Gasteiger partial charge < -0.3 is 9.80 Å². The van der Waals surface area contributed by atoms with Gasteiger partial charge in [-0.15, -0.1) is 0 Å². The van der Waals surface area contributed by atoms with Crippen molar-refractivity contribution in [2.45, 2.75) is 26.2 Å². The van der Waals surface area contributed by atoms with Crippen molar-refractivity contribution in [3.63, 3.8) is 0 Å². The lowest BCUT2D eigenvalue weighted by molar-refractivity contribution is 0.0677. The highest BCUT2D eigenvalue weighted by Gasteiger charge is 2.23. The maximum absolute atomic E-state index is 12.7. The van der Waals surface area contributed by atoms with Crippen LogP contribution >= 0.6 is 0 Å². The van der Waals surface area contributed by atoms with E-state index in [1.54, 1.807) is 18.5 Å². The average molecular weight is 339 g/mol. The standard InChI is InChI=1S/C19H25N5O/c1-15-4-3-10-24(13-15)19(25)17-12-18(22-14-21-17)23(2)11-7-16-5-8-20-9-6-16/h5-6,8-9,12,14-15H,3-4,7,10-11,13H2,1-2H3. The fraction of sp³-hybridized carbons (Fsp3) is 0.474. The van der Waals surface area contributed by atoms with Crippen LogP contribution in [0, 0.1) is 5.92 Å². The zero-order valence-corrected chi connectivity index (χ0v) is 14.9. The van der Waals surface area contributed by atoms with E-state index in [-0.39, 0.29) is 5.91 Å². The normalized spacial score (nSPS) is 17.4. The number of amides is 1. The van der Waals surface area contributed by atoms with Crippen molar-refractivity contribution in [1.82, 2.24) is 19.9 Å². The van der Waals surface area contributed by atoms with Gasteiger partial charge in [-0.05, 0) is 42.9 Å². The van der Waals surface area contributed by atoms with E-state index in [2.05, 4.69) is 26.8 Å². The Kier molecular flexibility index (Phi) is 5.58. The highest BCUT2D eigenvalue weighted by molar-refractivity contribution is 5.93. The molecule has 0 bridgehead atoms. The minimum Gasteiger partial charge on any atom is -0.359 e. The van der Waals surface area contributed by atoms with Crippen LogP contribution in [0.5, 0.6) is 0 Å². The summed E-state index contributed by atoms with van der Waals surface area (Å²) >= 11 is 0. The van der Waals surface area contributed by atoms with E-state index in [1.807, 2.05) is 24.1 Å². The number of likely N-dealkylation sites (tertiary alicyclic amines) is 1. The fourth-order valence-electron chi connectivity index (χ4n) is 3.17. The van der Waals surface area contributed by atoms with Gasteiger partial charge in [-0.1, -0.05) is 6.92 Å². The topological polar surface area (TPSA) is 62.2 Å². The van der Waals surface area contributed by atoms with Crippen LogP contribution in [0.3, 0.4) is 0 Å². The van der Waals surface area contributed by atoms with E-state index in [9.17, 15) is 4.79 Å². The Morgan fingerprint density at radius 1 is 1.32 bits per heavy atom. The van der Waals surface area contributed by atoms with Gasteiger partial charge in [-0.3, -0.25) is 9.78 Å². The molecule has 0 saturated carbocycles. The number of carbonyl (C=O) groups is 1. The SMILES string of the molecule is CC1CCCN(C(=O)c2cc(N(C)CCc3ccncc3)ncn2)C1. The number of hydrogen-bond acceptors (Lipinski definition) is 5. The minimum absolute atomic E-state index is 0.0118. The average Bonchev–Trinajstić information content (AvgIpc) is 2.66. The molecule has 1 atom stereocenters. The molecule has 1 aliphatic heterocycles. The summed E-state index contributed by atoms with van der Waals surface area (Å²) in [6.45, 7) is 4.64. The highest BCUT2D eigenvalue weighted by atomic mass is 16.2. The van der Waals surface area contributed by atoms with E-state index in [0.29, 0.717) is 11.6 Å². The van der Waals surface area contributed by atoms with Crippen molar-refractivity contribution >= 4 is 11.7 Å². The van der Waals surface area contributed by atoms with Crippen molar-refractivity contribution in [2.24, 2.45) is 5.92 Å². The molecule has 3 rings (SSSR count). The van der Waals surface area contributed by atoms with Gasteiger partial charge in [0.15, 0.2) is 0 Å². The summed E-state index contributed by atoms with van der Waals surface area (Å²) in [4.78, 5) is 29.2. The van der Waals surface area contributed by atoms with Crippen molar-refractivity contribution in [2.75, 3.05) is 31.6 Å². The molecule has 132 valence electrons. The van der Waals surface area contributed by atoms with Gasteiger partial charge in [0, 0.05) is 45.1 Å². The fourth-order valence-corrected chi connectivity index (χ4v) is 3.17. The van der Waals surface area contributed by atoms with Gasteiger partial charge in [0.1, 0.15) is 17.8 Å². The number of nitrogens with zero attached hydrogens (tertiary/aromatic N) is 5. The molecule has 6 nitrogen and oxygen atoms in total. The lowest BCUT2D eigenvalue weighted by Gasteiger charge is -2.30. The van der Waals surface area contributed by atoms with Gasteiger partial charge >= 0.3 is 0 Å². The van der Waals surface area contributed by atoms with Crippen LogP contribution in [0.25, 0.3) is 0 Å². The first kappa shape index (κ1) is 17.3. The van der Waals surface area contributed by atoms with Crippen molar-refractivity contribution in [3.8, 4) is 0 Å². The van der Waals surface area contributed by atoms with Crippen molar-refractivity contribution in [1.29, 1.82) is 0 Å². The molecule has 0 radical (unpaired) electrons. The smallest absolute Gasteiger partial charge is 0.272 e. The number of likely N-dealkylation sites (N-methyl/N-ethyl adjacent to an activating group) is 1. The number of rotatable bonds is 5. The zero-order valence-electron chi connectivity index (χ0n) is 14.9. The molecule has 0 N–H and O–H groups in total. The van der Waals surface area contributed by atoms with Gasteiger partial charge in [0.05, 0.1) is 0 Å². The Morgan fingerprint density at radius 3 is 2.88 bits per heavy atom. The van der Waals surface area contributed by atoms with E-state index in [4.69, 9.17) is 0 Å². The van der Waals surface area contributed by atoms with E-state index >= 15 is 0 Å². The summed E-state index contributed by atoms with van der Waals surface area (Å²) in [5.41, 5.74) is 1.71. The number of pyridine rings is 1. The molecule has 6 heteroatoms. The van der Waals surface area contributed by atoms with Crippen LogP contribution in [0.2, 0.25) is 0 Å². The molecule has 1 aliphatic rings. The Balaban J connectivity index is 1.65. The van der Waals surface area contributed by atoms with Gasteiger partial charge in [-0.2, -0.15) is 0 Å². The van der Waals surface area contributed by atoms with Crippen LogP contribution in [0.4, 0.5) is 5.82 Å². The van der Waals surface area contributed by atoms with Crippen LogP contribution < -0.4 is 4.90 Å². The highest BCUT2D eigenvalue weighted by Crippen LogP contribution is 2.18. The zero-order chi connectivity index (χ0) is 17.6. The second-order valence-electron chi connectivity index (χ2n) is 6.79. The Hall–Kier alpha value is -2.50. The largest absolute Gasteiger partial charge is 0.359 e. The first-order valence-electron chi connectivity index (χ1n) is 8.85. The first-order valence-corrected chi connectivity index (χ1v) is 8.85. The lowest BCUT2D eigenvalue weighted by Crippen LogP contribution is -2.39. The Bertz CT molecular complexity index is 706. The number of piperidine rings is 1. The quantitative estimate of drug-likeness (QED) is 0.837. The Labute approximate surface area is 148 Å². The van der Waals surface area contributed by atoms with Crippen LogP contribution in [-0.2, 0) is 6.42 Å². The van der Waals surface area contributed by atoms with E-state index < -0.39 is 0 Å². The van der Waals surface area contributed by atoms with Crippen molar-refractivity contribution in [3.05, 3.63) is 48.2 Å². The number of anilines is 1. The molecule has 1 amide bonds. The number of carbonyl (C=O) groups excluding carboxylic acids is 1. The molecule has 3 heterocycles. The van der Waals surface area contributed by atoms with Gasteiger partial charge in [0.2, 0.25) is 0 Å². The summed E-state index contributed by atoms with van der Waals surface area (Å²) < 4.78 is 0. The molecular formula is C19H25N5O. The lowest BCUT2D eigenvalue weighted by atomic mass is 10.00. The summed E-state index contributed by atoms with van der Waals surface area (Å²) in [7, 11) is 1.99. The molecule has 2 aromatic rings. The second kappa shape index (κ2) is 8.05. The minimum atomic E-state index is 0.0118. The predicted molar refractivity (Wildman–Crippen MR) is 97.5 cm³/mol. The molecule has 2 aromatic heterocycles. The van der Waals surface area contributed by atoms with Crippen LogP contribution in [-0.4, -0.2) is 52.4 Å². The maximum atomic E-state index is 12.7. The first-order chi connectivity index (χ1) is 12.1. The van der Waals surface area contributed by atoms with Crippen LogP contribution in [0.15, 0.2) is 36.9 Å². The summed E-state index contributed by atoms with van der Waals surface area (Å²) in [6.07, 6.45) is 8.24. The van der Waals surface area contributed by atoms with E-state index in [0.717, 1.165) is 38.3 Å². The summed E-state index contributed by atoms with van der Waals surface area (Å²) in [5.74, 6) is 1.34. The molecule has 0 aromatic carbocycles. The summed E-state index contributed by atoms with van der Waals surface area (Å²) in [6, 6.07) is 5.83. The molecular weight excluding hydrogens is 314 g/mol. The molecule has 25 heavy (non-hydrogen) atoms. The maximum Gasteiger partial charge on any atom is 0.272 e. The molecule has 0 spiro atoms. The van der Waals surface area contributed by atoms with E-state index in [1.165, 1.54) is 18.3 Å². The Morgan fingerprint density at radius 2 is 2.12 bits per heavy atom. The van der Waals surface area contributed by atoms with Crippen LogP contribution in [0.1, 0.15) is 35.8 Å². The monoisotopic (exact) mass is 339 g/mol. The third-order valence-electron chi connectivity index (χ3n) is 4.69. The number of hydrogen-bond donors (Lipinski definition) is 0. The second-order valence-corrected chi connectivity index (χ2v) is 6.79. The van der Waals surface area contributed by atoms with Gasteiger partial charge in [0.25, 0.3) is 5.91 Å². The summed E-state index contributed by atoms with van der Waals surface area (Å²) in [5, 5.41) is 0. The molecule has 0 aliphatic carbocycles. The number of aromatic nitrogens is 3. The third-order valence-corrected chi connectivity index (χ3v) is 4.69. The van der Waals surface area contributed by atoms with Crippen molar-refractivity contribution < 1.29 is 4.79 Å². The molecule has 1 fully saturated rings. The molecule has 1 saturated heterocycles.